The molecule has 0 aliphatic carbocycles. The van der Waals surface area contributed by atoms with Crippen molar-refractivity contribution in [1.82, 2.24) is 10.3 Å². The first-order valence-electron chi connectivity index (χ1n) is 9.30. The first-order chi connectivity index (χ1) is 13.4. The lowest BCUT2D eigenvalue weighted by Crippen LogP contribution is -2.41. The van der Waals surface area contributed by atoms with Crippen LogP contribution in [0.25, 0.3) is 17.0 Å². The van der Waals surface area contributed by atoms with Gasteiger partial charge < -0.3 is 15.4 Å². The predicted molar refractivity (Wildman–Crippen MR) is 111 cm³/mol. The Morgan fingerprint density at radius 3 is 2.50 bits per heavy atom. The lowest BCUT2D eigenvalue weighted by Gasteiger charge is -2.13. The molecule has 3 N–H and O–H groups in total. The summed E-state index contributed by atoms with van der Waals surface area (Å²) < 4.78 is 0. The number of nitrogens with one attached hydrogen (secondary N) is 2. The van der Waals surface area contributed by atoms with Crippen LogP contribution in [0.2, 0.25) is 0 Å². The predicted octanol–water partition coefficient (Wildman–Crippen LogP) is 4.12. The summed E-state index contributed by atoms with van der Waals surface area (Å²) >= 11 is 0. The monoisotopic (exact) mass is 376 g/mol. The van der Waals surface area contributed by atoms with E-state index in [2.05, 4.69) is 24.1 Å². The van der Waals surface area contributed by atoms with Crippen LogP contribution in [0.5, 0.6) is 0 Å². The van der Waals surface area contributed by atoms with Crippen LogP contribution in [0.3, 0.4) is 0 Å². The second-order valence-electron chi connectivity index (χ2n) is 7.12. The fraction of sp³-hybridized carbons (Fsp3) is 0.217. The zero-order chi connectivity index (χ0) is 20.1. The van der Waals surface area contributed by atoms with Crippen LogP contribution >= 0.6 is 0 Å². The summed E-state index contributed by atoms with van der Waals surface area (Å²) in [5.74, 6) is -1.05. The minimum absolute atomic E-state index is 0.210. The summed E-state index contributed by atoms with van der Waals surface area (Å²) in [6.45, 7) is 4.25. The number of aromatic amines is 1. The van der Waals surface area contributed by atoms with Crippen molar-refractivity contribution in [2.24, 2.45) is 0 Å². The third kappa shape index (κ3) is 4.68. The zero-order valence-electron chi connectivity index (χ0n) is 16.0. The lowest BCUT2D eigenvalue weighted by molar-refractivity contribution is -0.141. The molecule has 0 saturated heterocycles. The number of carbonyl (C=O) groups excluding carboxylic acids is 1. The quantitative estimate of drug-likeness (QED) is 0.543. The van der Waals surface area contributed by atoms with Crippen molar-refractivity contribution in [3.8, 4) is 0 Å². The first kappa shape index (κ1) is 19.4. The number of aliphatic carboxylic acids is 1. The first-order valence-corrected chi connectivity index (χ1v) is 9.30. The Labute approximate surface area is 164 Å². The fourth-order valence-electron chi connectivity index (χ4n) is 3.10. The molecule has 0 aliphatic heterocycles. The van der Waals surface area contributed by atoms with Gasteiger partial charge in [0.15, 0.2) is 0 Å². The van der Waals surface area contributed by atoms with Crippen LogP contribution in [0, 0.1) is 0 Å². The molecule has 1 heterocycles. The van der Waals surface area contributed by atoms with Gasteiger partial charge in [0, 0.05) is 29.6 Å². The Hall–Kier alpha value is -3.34. The van der Waals surface area contributed by atoms with E-state index in [-0.39, 0.29) is 6.42 Å². The van der Waals surface area contributed by atoms with E-state index in [4.69, 9.17) is 0 Å². The van der Waals surface area contributed by atoms with Crippen LogP contribution in [-0.2, 0) is 16.0 Å². The van der Waals surface area contributed by atoms with Crippen LogP contribution in [0.1, 0.15) is 36.5 Å². The summed E-state index contributed by atoms with van der Waals surface area (Å²) in [6.07, 6.45) is 5.06. The molecule has 5 nitrogen and oxygen atoms in total. The molecule has 3 aromatic rings. The van der Waals surface area contributed by atoms with Crippen molar-refractivity contribution in [2.75, 3.05) is 0 Å². The topological polar surface area (TPSA) is 82.2 Å². The molecular formula is C23H24N2O3. The molecule has 1 unspecified atom stereocenters. The highest BCUT2D eigenvalue weighted by atomic mass is 16.4. The van der Waals surface area contributed by atoms with E-state index in [9.17, 15) is 14.7 Å². The summed E-state index contributed by atoms with van der Waals surface area (Å²) in [7, 11) is 0. The van der Waals surface area contributed by atoms with Gasteiger partial charge >= 0.3 is 5.97 Å². The van der Waals surface area contributed by atoms with Gasteiger partial charge in [0.05, 0.1) is 0 Å². The number of rotatable bonds is 7. The summed E-state index contributed by atoms with van der Waals surface area (Å²) in [5.41, 5.74) is 3.92. The molecule has 28 heavy (non-hydrogen) atoms. The Morgan fingerprint density at radius 2 is 1.82 bits per heavy atom. The largest absolute Gasteiger partial charge is 0.480 e. The summed E-state index contributed by atoms with van der Waals surface area (Å²) in [5, 5.41) is 13.1. The van der Waals surface area contributed by atoms with E-state index in [1.807, 2.05) is 48.5 Å². The van der Waals surface area contributed by atoms with E-state index in [1.54, 1.807) is 12.3 Å². The zero-order valence-corrected chi connectivity index (χ0v) is 16.0. The van der Waals surface area contributed by atoms with Gasteiger partial charge in [-0.2, -0.15) is 0 Å². The van der Waals surface area contributed by atoms with Crippen molar-refractivity contribution >= 4 is 28.9 Å². The second kappa shape index (κ2) is 8.57. The Morgan fingerprint density at radius 1 is 1.11 bits per heavy atom. The van der Waals surface area contributed by atoms with Crippen LogP contribution < -0.4 is 5.32 Å². The molecule has 2 aromatic carbocycles. The molecular weight excluding hydrogens is 352 g/mol. The third-order valence-corrected chi connectivity index (χ3v) is 4.74. The molecule has 0 bridgehead atoms. The van der Waals surface area contributed by atoms with Crippen molar-refractivity contribution in [3.63, 3.8) is 0 Å². The second-order valence-corrected chi connectivity index (χ2v) is 7.12. The number of H-pyrrole nitrogens is 1. The normalized spacial score (nSPS) is 12.5. The standard InChI is InChI=1S/C23H24N2O3/c1-15(2)17-10-7-16(8-11-17)9-12-22(26)25-21(23(27)28)13-18-14-24-20-6-4-3-5-19(18)20/h3-12,14-15,21,24H,13H2,1-2H3,(H,25,26)(H,27,28)/b12-9+. The van der Waals surface area contributed by atoms with Crippen molar-refractivity contribution in [1.29, 1.82) is 0 Å². The SMILES string of the molecule is CC(C)c1ccc(/C=C/C(=O)NC(Cc2c[nH]c3ccccc23)C(=O)O)cc1. The van der Waals surface area contributed by atoms with Crippen molar-refractivity contribution in [2.45, 2.75) is 32.2 Å². The summed E-state index contributed by atoms with van der Waals surface area (Å²) in [6, 6.07) is 14.6. The summed E-state index contributed by atoms with van der Waals surface area (Å²) in [4.78, 5) is 27.0. The van der Waals surface area contributed by atoms with Gasteiger partial charge in [0.1, 0.15) is 6.04 Å². The van der Waals surface area contributed by atoms with E-state index in [0.29, 0.717) is 5.92 Å². The maximum Gasteiger partial charge on any atom is 0.326 e. The molecule has 5 heteroatoms. The van der Waals surface area contributed by atoms with Gasteiger partial charge in [-0.15, -0.1) is 0 Å². The Kier molecular flexibility index (Phi) is 5.94. The average molecular weight is 376 g/mol. The molecule has 1 aromatic heterocycles. The fourth-order valence-corrected chi connectivity index (χ4v) is 3.10. The minimum atomic E-state index is -1.06. The minimum Gasteiger partial charge on any atom is -0.480 e. The van der Waals surface area contributed by atoms with Crippen LogP contribution in [0.15, 0.2) is 60.8 Å². The molecule has 0 fully saturated rings. The highest BCUT2D eigenvalue weighted by Gasteiger charge is 2.21. The number of hydrogen-bond acceptors (Lipinski definition) is 2. The molecule has 1 amide bonds. The molecule has 3 rings (SSSR count). The van der Waals surface area contributed by atoms with Gasteiger partial charge in [-0.25, -0.2) is 4.79 Å². The smallest absolute Gasteiger partial charge is 0.326 e. The highest BCUT2D eigenvalue weighted by Crippen LogP contribution is 2.19. The number of hydrogen-bond donors (Lipinski definition) is 3. The molecule has 1 atom stereocenters. The van der Waals surface area contributed by atoms with Crippen molar-refractivity contribution in [3.05, 3.63) is 77.5 Å². The van der Waals surface area contributed by atoms with Crippen molar-refractivity contribution < 1.29 is 14.7 Å². The maximum atomic E-state index is 12.2. The van der Waals surface area contributed by atoms with Crippen LogP contribution in [0.4, 0.5) is 0 Å². The number of carboxylic acid groups (broad SMARTS) is 1. The number of fused-ring (bicyclic) bond motifs is 1. The number of carboxylic acids is 1. The molecule has 0 radical (unpaired) electrons. The highest BCUT2D eigenvalue weighted by molar-refractivity contribution is 5.94. The van der Waals surface area contributed by atoms with Gasteiger partial charge in [0.25, 0.3) is 0 Å². The number of aromatic nitrogens is 1. The number of amides is 1. The van der Waals surface area contributed by atoms with Gasteiger partial charge in [-0.3, -0.25) is 4.79 Å². The van der Waals surface area contributed by atoms with Gasteiger partial charge in [-0.05, 0) is 34.8 Å². The third-order valence-electron chi connectivity index (χ3n) is 4.74. The molecule has 0 aliphatic rings. The number of carbonyl (C=O) groups is 2. The maximum absolute atomic E-state index is 12.2. The van der Waals surface area contributed by atoms with Crippen LogP contribution in [-0.4, -0.2) is 28.0 Å². The molecule has 0 saturated carbocycles. The Balaban J connectivity index is 1.66. The van der Waals surface area contributed by atoms with E-state index >= 15 is 0 Å². The number of benzene rings is 2. The Bertz CT molecular complexity index is 1000. The average Bonchev–Trinajstić information content (AvgIpc) is 3.09. The van der Waals surface area contributed by atoms with E-state index in [1.165, 1.54) is 11.6 Å². The molecule has 144 valence electrons. The van der Waals surface area contributed by atoms with Gasteiger partial charge in [0.2, 0.25) is 5.91 Å². The lowest BCUT2D eigenvalue weighted by atomic mass is 10.0. The van der Waals surface area contributed by atoms with Gasteiger partial charge in [-0.1, -0.05) is 56.3 Å². The molecule has 0 spiro atoms. The van der Waals surface area contributed by atoms with E-state index in [0.717, 1.165) is 22.0 Å². The number of para-hydroxylation sites is 1. The van der Waals surface area contributed by atoms with E-state index < -0.39 is 17.9 Å².